The summed E-state index contributed by atoms with van der Waals surface area (Å²) in [6, 6.07) is 8.52. The quantitative estimate of drug-likeness (QED) is 0.775. The van der Waals surface area contributed by atoms with Crippen LogP contribution in [0.5, 0.6) is 0 Å². The highest BCUT2D eigenvalue weighted by Gasteiger charge is 2.23. The zero-order valence-electron chi connectivity index (χ0n) is 10.5. The van der Waals surface area contributed by atoms with Crippen LogP contribution < -0.4 is 5.32 Å². The summed E-state index contributed by atoms with van der Waals surface area (Å²) in [6.07, 6.45) is 5.11. The molecule has 0 heterocycles. The highest BCUT2D eigenvalue weighted by atomic mass is 16.1. The van der Waals surface area contributed by atoms with E-state index in [0.717, 1.165) is 32.2 Å². The number of hydrogen-bond acceptors (Lipinski definition) is 1. The van der Waals surface area contributed by atoms with Crippen molar-refractivity contribution in [1.29, 1.82) is 0 Å². The number of rotatable bonds is 5. The molecule has 1 N–H and O–H groups in total. The third-order valence-electron chi connectivity index (χ3n) is 3.54. The van der Waals surface area contributed by atoms with Crippen molar-refractivity contribution < 1.29 is 4.79 Å². The summed E-state index contributed by atoms with van der Waals surface area (Å²) in [7, 11) is 0. The van der Waals surface area contributed by atoms with Crippen LogP contribution in [-0.4, -0.2) is 12.5 Å². The van der Waals surface area contributed by atoms with E-state index in [1.165, 1.54) is 11.1 Å². The first kappa shape index (κ1) is 12.2. The van der Waals surface area contributed by atoms with Crippen molar-refractivity contribution in [1.82, 2.24) is 5.32 Å². The molecule has 0 spiro atoms. The van der Waals surface area contributed by atoms with Gasteiger partial charge in [-0.3, -0.25) is 4.79 Å². The van der Waals surface area contributed by atoms with Crippen molar-refractivity contribution >= 4 is 5.91 Å². The first-order valence-electron chi connectivity index (χ1n) is 6.65. The van der Waals surface area contributed by atoms with Gasteiger partial charge in [-0.2, -0.15) is 0 Å². The molecule has 1 aromatic rings. The topological polar surface area (TPSA) is 29.1 Å². The Morgan fingerprint density at radius 2 is 2.24 bits per heavy atom. The minimum absolute atomic E-state index is 0.208. The van der Waals surface area contributed by atoms with Gasteiger partial charge in [0.2, 0.25) is 5.91 Å². The number of unbranched alkanes of at least 4 members (excludes halogenated alkanes) is 1. The van der Waals surface area contributed by atoms with E-state index in [4.69, 9.17) is 0 Å². The van der Waals surface area contributed by atoms with E-state index in [2.05, 4.69) is 36.5 Å². The summed E-state index contributed by atoms with van der Waals surface area (Å²) in [5, 5.41) is 3.00. The maximum Gasteiger partial charge on any atom is 0.220 e. The van der Waals surface area contributed by atoms with E-state index in [-0.39, 0.29) is 5.91 Å². The standard InChI is InChI=1S/C15H21NO/c1-2-3-10-16-15(17)11-13-9-8-12-6-4-5-7-14(12)13/h4-7,13H,2-3,8-11H2,1H3,(H,16,17)/t13-/m0/s1. The predicted molar refractivity (Wildman–Crippen MR) is 70.0 cm³/mol. The molecule has 1 aromatic carbocycles. The van der Waals surface area contributed by atoms with Crippen LogP contribution in [-0.2, 0) is 11.2 Å². The molecule has 1 aliphatic carbocycles. The molecule has 1 amide bonds. The summed E-state index contributed by atoms with van der Waals surface area (Å²) >= 11 is 0. The van der Waals surface area contributed by atoms with Crippen molar-refractivity contribution in [3.8, 4) is 0 Å². The summed E-state index contributed by atoms with van der Waals surface area (Å²) < 4.78 is 0. The molecule has 0 bridgehead atoms. The summed E-state index contributed by atoms with van der Waals surface area (Å²) in [5.41, 5.74) is 2.82. The molecule has 0 saturated carbocycles. The number of carbonyl (C=O) groups is 1. The first-order valence-corrected chi connectivity index (χ1v) is 6.65. The van der Waals surface area contributed by atoms with Crippen LogP contribution in [0.15, 0.2) is 24.3 Å². The Morgan fingerprint density at radius 1 is 1.41 bits per heavy atom. The number of nitrogens with one attached hydrogen (secondary N) is 1. The second-order valence-electron chi connectivity index (χ2n) is 4.84. The molecule has 92 valence electrons. The van der Waals surface area contributed by atoms with Gasteiger partial charge in [-0.1, -0.05) is 37.6 Å². The molecule has 1 atom stereocenters. The molecule has 0 fully saturated rings. The summed E-state index contributed by atoms with van der Waals surface area (Å²) in [4.78, 5) is 11.8. The Hall–Kier alpha value is -1.31. The van der Waals surface area contributed by atoms with E-state index < -0.39 is 0 Å². The van der Waals surface area contributed by atoms with Gasteiger partial charge in [0.15, 0.2) is 0 Å². The second-order valence-corrected chi connectivity index (χ2v) is 4.84. The molecule has 2 heteroatoms. The zero-order valence-corrected chi connectivity index (χ0v) is 10.5. The van der Waals surface area contributed by atoms with Crippen molar-refractivity contribution in [2.45, 2.75) is 44.9 Å². The molecule has 1 aliphatic rings. The first-order chi connectivity index (χ1) is 8.31. The second kappa shape index (κ2) is 5.85. The highest BCUT2D eigenvalue weighted by molar-refractivity contribution is 5.77. The van der Waals surface area contributed by atoms with Crippen molar-refractivity contribution in [2.24, 2.45) is 0 Å². The lowest BCUT2D eigenvalue weighted by atomic mass is 9.97. The van der Waals surface area contributed by atoms with Gasteiger partial charge in [-0.25, -0.2) is 0 Å². The van der Waals surface area contributed by atoms with Crippen LogP contribution in [0.4, 0.5) is 0 Å². The number of amides is 1. The van der Waals surface area contributed by atoms with E-state index in [1.54, 1.807) is 0 Å². The maximum atomic E-state index is 11.8. The lowest BCUT2D eigenvalue weighted by Gasteiger charge is -2.11. The number of fused-ring (bicyclic) bond motifs is 1. The molecular weight excluding hydrogens is 210 g/mol. The van der Waals surface area contributed by atoms with Gasteiger partial charge in [0.05, 0.1) is 0 Å². The molecule has 2 rings (SSSR count). The highest BCUT2D eigenvalue weighted by Crippen LogP contribution is 2.34. The molecule has 0 radical (unpaired) electrons. The van der Waals surface area contributed by atoms with Crippen LogP contribution in [0.2, 0.25) is 0 Å². The minimum Gasteiger partial charge on any atom is -0.356 e. The predicted octanol–water partition coefficient (Wildman–Crippen LogP) is 3.02. The van der Waals surface area contributed by atoms with Crippen molar-refractivity contribution in [2.75, 3.05) is 6.54 Å². The molecular formula is C15H21NO. The van der Waals surface area contributed by atoms with Gasteiger partial charge in [0, 0.05) is 13.0 Å². The fraction of sp³-hybridized carbons (Fsp3) is 0.533. The number of hydrogen-bond donors (Lipinski definition) is 1. The van der Waals surface area contributed by atoms with E-state index in [1.807, 2.05) is 0 Å². The fourth-order valence-corrected chi connectivity index (χ4v) is 2.56. The lowest BCUT2D eigenvalue weighted by molar-refractivity contribution is -0.121. The molecule has 0 aliphatic heterocycles. The fourth-order valence-electron chi connectivity index (χ4n) is 2.56. The van der Waals surface area contributed by atoms with Crippen molar-refractivity contribution in [3.63, 3.8) is 0 Å². The van der Waals surface area contributed by atoms with E-state index in [0.29, 0.717) is 12.3 Å². The van der Waals surface area contributed by atoms with Gasteiger partial charge in [0.25, 0.3) is 0 Å². The van der Waals surface area contributed by atoms with Crippen LogP contribution in [0, 0.1) is 0 Å². The van der Waals surface area contributed by atoms with Crippen LogP contribution in [0.3, 0.4) is 0 Å². The van der Waals surface area contributed by atoms with Gasteiger partial charge >= 0.3 is 0 Å². The normalized spacial score (nSPS) is 17.8. The summed E-state index contributed by atoms with van der Waals surface area (Å²) in [6.45, 7) is 2.96. The Balaban J connectivity index is 1.87. The van der Waals surface area contributed by atoms with E-state index in [9.17, 15) is 4.79 Å². The SMILES string of the molecule is CCCCNC(=O)C[C@@H]1CCc2ccccc21. The average molecular weight is 231 g/mol. The Bertz CT molecular complexity index is 386. The average Bonchev–Trinajstić information content (AvgIpc) is 2.73. The third kappa shape index (κ3) is 3.09. The van der Waals surface area contributed by atoms with Gasteiger partial charge < -0.3 is 5.32 Å². The largest absolute Gasteiger partial charge is 0.356 e. The van der Waals surface area contributed by atoms with Gasteiger partial charge in [0.1, 0.15) is 0 Å². The van der Waals surface area contributed by atoms with Gasteiger partial charge in [-0.15, -0.1) is 0 Å². The Labute approximate surface area is 103 Å². The van der Waals surface area contributed by atoms with Crippen molar-refractivity contribution in [3.05, 3.63) is 35.4 Å². The maximum absolute atomic E-state index is 11.8. The zero-order chi connectivity index (χ0) is 12.1. The van der Waals surface area contributed by atoms with Gasteiger partial charge in [-0.05, 0) is 36.3 Å². The van der Waals surface area contributed by atoms with Crippen LogP contribution in [0.25, 0.3) is 0 Å². The molecule has 17 heavy (non-hydrogen) atoms. The lowest BCUT2D eigenvalue weighted by Crippen LogP contribution is -2.25. The van der Waals surface area contributed by atoms with Crippen LogP contribution in [0.1, 0.15) is 49.7 Å². The number of aryl methyl sites for hydroxylation is 1. The number of carbonyl (C=O) groups excluding carboxylic acids is 1. The molecule has 0 saturated heterocycles. The van der Waals surface area contributed by atoms with E-state index >= 15 is 0 Å². The monoisotopic (exact) mass is 231 g/mol. The molecule has 0 aromatic heterocycles. The minimum atomic E-state index is 0.208. The number of benzene rings is 1. The Kier molecular flexibility index (Phi) is 4.18. The molecule has 0 unspecified atom stereocenters. The van der Waals surface area contributed by atoms with Crippen LogP contribution >= 0.6 is 0 Å². The molecule has 2 nitrogen and oxygen atoms in total. The smallest absolute Gasteiger partial charge is 0.220 e. The third-order valence-corrected chi connectivity index (χ3v) is 3.54. The summed E-state index contributed by atoms with van der Waals surface area (Å²) in [5.74, 6) is 0.646. The Morgan fingerprint density at radius 3 is 3.06 bits per heavy atom.